The SMILES string of the molecule is COC1(Cc2cc(N)n(-c3ccccc3)n2)CCC1. The molecule has 1 aromatic heterocycles. The molecule has 2 aromatic rings. The maximum atomic E-state index is 6.05. The van der Waals surface area contributed by atoms with E-state index in [1.54, 1.807) is 11.8 Å². The fourth-order valence-corrected chi connectivity index (χ4v) is 2.66. The number of para-hydroxylation sites is 1. The number of hydrogen-bond donors (Lipinski definition) is 1. The summed E-state index contributed by atoms with van der Waals surface area (Å²) in [7, 11) is 1.79. The van der Waals surface area contributed by atoms with Gasteiger partial charge in [-0.1, -0.05) is 18.2 Å². The third-order valence-electron chi connectivity index (χ3n) is 3.99. The van der Waals surface area contributed by atoms with Crippen LogP contribution >= 0.6 is 0 Å². The molecule has 3 rings (SSSR count). The van der Waals surface area contributed by atoms with Crippen LogP contribution in [0.1, 0.15) is 25.0 Å². The van der Waals surface area contributed by atoms with Gasteiger partial charge in [-0.25, -0.2) is 4.68 Å². The monoisotopic (exact) mass is 257 g/mol. The van der Waals surface area contributed by atoms with E-state index >= 15 is 0 Å². The van der Waals surface area contributed by atoms with E-state index in [-0.39, 0.29) is 5.60 Å². The van der Waals surface area contributed by atoms with Gasteiger partial charge in [-0.3, -0.25) is 0 Å². The number of anilines is 1. The largest absolute Gasteiger partial charge is 0.384 e. The third kappa shape index (κ3) is 2.24. The highest BCUT2D eigenvalue weighted by Crippen LogP contribution is 2.38. The lowest BCUT2D eigenvalue weighted by Gasteiger charge is -2.40. The first-order valence-electron chi connectivity index (χ1n) is 6.67. The fraction of sp³-hybridized carbons (Fsp3) is 0.400. The number of ether oxygens (including phenoxy) is 1. The van der Waals surface area contributed by atoms with Crippen LogP contribution in [0, 0.1) is 0 Å². The molecule has 0 saturated heterocycles. The molecule has 4 nitrogen and oxygen atoms in total. The summed E-state index contributed by atoms with van der Waals surface area (Å²) in [6, 6.07) is 11.9. The van der Waals surface area contributed by atoms with Crippen molar-refractivity contribution in [2.75, 3.05) is 12.8 Å². The average Bonchev–Trinajstić information content (AvgIpc) is 2.76. The number of nitrogens with two attached hydrogens (primary N) is 1. The summed E-state index contributed by atoms with van der Waals surface area (Å²) in [5, 5.41) is 4.61. The quantitative estimate of drug-likeness (QED) is 0.915. The molecule has 0 atom stereocenters. The highest BCUT2D eigenvalue weighted by Gasteiger charge is 2.37. The predicted molar refractivity (Wildman–Crippen MR) is 75.3 cm³/mol. The number of nitrogens with zero attached hydrogens (tertiary/aromatic N) is 2. The van der Waals surface area contributed by atoms with Gasteiger partial charge in [0.2, 0.25) is 0 Å². The summed E-state index contributed by atoms with van der Waals surface area (Å²) in [4.78, 5) is 0. The van der Waals surface area contributed by atoms with E-state index < -0.39 is 0 Å². The molecular formula is C15H19N3O. The molecule has 0 unspecified atom stereocenters. The lowest BCUT2D eigenvalue weighted by molar-refractivity contribution is -0.0714. The van der Waals surface area contributed by atoms with Crippen LogP contribution in [0.15, 0.2) is 36.4 Å². The van der Waals surface area contributed by atoms with Crippen LogP contribution < -0.4 is 5.73 Å². The Morgan fingerprint density at radius 3 is 2.63 bits per heavy atom. The second-order valence-corrected chi connectivity index (χ2v) is 5.23. The molecule has 0 spiro atoms. The second kappa shape index (κ2) is 4.70. The Morgan fingerprint density at radius 1 is 1.32 bits per heavy atom. The molecule has 1 fully saturated rings. The van der Waals surface area contributed by atoms with Crippen molar-refractivity contribution >= 4 is 5.82 Å². The molecule has 0 amide bonds. The maximum absolute atomic E-state index is 6.05. The molecule has 100 valence electrons. The van der Waals surface area contributed by atoms with E-state index in [9.17, 15) is 0 Å². The van der Waals surface area contributed by atoms with Crippen LogP contribution in [-0.2, 0) is 11.2 Å². The van der Waals surface area contributed by atoms with Crippen molar-refractivity contribution in [1.29, 1.82) is 0 Å². The van der Waals surface area contributed by atoms with Crippen molar-refractivity contribution < 1.29 is 4.74 Å². The van der Waals surface area contributed by atoms with Crippen molar-refractivity contribution in [3.05, 3.63) is 42.1 Å². The first-order valence-corrected chi connectivity index (χ1v) is 6.67. The molecule has 1 aliphatic carbocycles. The number of methoxy groups -OCH3 is 1. The fourth-order valence-electron chi connectivity index (χ4n) is 2.66. The molecule has 1 aliphatic rings. The van der Waals surface area contributed by atoms with Crippen molar-refractivity contribution in [2.45, 2.75) is 31.3 Å². The maximum Gasteiger partial charge on any atom is 0.127 e. The molecule has 4 heteroatoms. The molecule has 19 heavy (non-hydrogen) atoms. The zero-order valence-corrected chi connectivity index (χ0v) is 11.2. The summed E-state index contributed by atoms with van der Waals surface area (Å²) in [5.41, 5.74) is 8.04. The Hall–Kier alpha value is -1.81. The van der Waals surface area contributed by atoms with Gasteiger partial charge in [0.15, 0.2) is 0 Å². The summed E-state index contributed by atoms with van der Waals surface area (Å²) in [6.07, 6.45) is 4.31. The minimum atomic E-state index is -0.0116. The van der Waals surface area contributed by atoms with Crippen LogP contribution in [0.4, 0.5) is 5.82 Å². The van der Waals surface area contributed by atoms with Gasteiger partial charge in [0.1, 0.15) is 5.82 Å². The van der Waals surface area contributed by atoms with E-state index in [1.165, 1.54) is 6.42 Å². The number of benzene rings is 1. The number of nitrogen functional groups attached to an aromatic ring is 1. The molecule has 0 bridgehead atoms. The Morgan fingerprint density at radius 2 is 2.05 bits per heavy atom. The van der Waals surface area contributed by atoms with Gasteiger partial charge >= 0.3 is 0 Å². The molecule has 1 aromatic carbocycles. The lowest BCUT2D eigenvalue weighted by Crippen LogP contribution is -2.41. The number of aromatic nitrogens is 2. The number of hydrogen-bond acceptors (Lipinski definition) is 3. The highest BCUT2D eigenvalue weighted by atomic mass is 16.5. The molecule has 1 saturated carbocycles. The van der Waals surface area contributed by atoms with E-state index in [0.29, 0.717) is 5.82 Å². The van der Waals surface area contributed by atoms with E-state index in [0.717, 1.165) is 30.6 Å². The Kier molecular flexibility index (Phi) is 3.03. The standard InChI is InChI=1S/C15H19N3O/c1-19-15(8-5-9-15)11-12-10-14(16)18(17-12)13-6-3-2-4-7-13/h2-4,6-7,10H,5,8-9,11,16H2,1H3. The van der Waals surface area contributed by atoms with Gasteiger partial charge in [-0.15, -0.1) is 0 Å². The normalized spacial score (nSPS) is 17.1. The summed E-state index contributed by atoms with van der Waals surface area (Å²) >= 11 is 0. The van der Waals surface area contributed by atoms with Crippen LogP contribution in [0.3, 0.4) is 0 Å². The minimum absolute atomic E-state index is 0.0116. The van der Waals surface area contributed by atoms with Gasteiger partial charge in [0.05, 0.1) is 17.0 Å². The Balaban J connectivity index is 1.86. The van der Waals surface area contributed by atoms with Crippen molar-refractivity contribution in [2.24, 2.45) is 0 Å². The highest BCUT2D eigenvalue weighted by molar-refractivity contribution is 5.42. The predicted octanol–water partition coefficient (Wildman–Crippen LogP) is 2.57. The molecule has 1 heterocycles. The van der Waals surface area contributed by atoms with Crippen LogP contribution in [0.2, 0.25) is 0 Å². The third-order valence-corrected chi connectivity index (χ3v) is 3.99. The van der Waals surface area contributed by atoms with Crippen molar-refractivity contribution in [1.82, 2.24) is 9.78 Å². The van der Waals surface area contributed by atoms with Crippen molar-refractivity contribution in [3.8, 4) is 5.69 Å². The van der Waals surface area contributed by atoms with Gasteiger partial charge in [0, 0.05) is 19.6 Å². The zero-order chi connectivity index (χ0) is 13.3. The zero-order valence-electron chi connectivity index (χ0n) is 11.2. The first-order chi connectivity index (χ1) is 9.22. The van der Waals surface area contributed by atoms with E-state index in [4.69, 9.17) is 10.5 Å². The Bertz CT molecular complexity index is 553. The average molecular weight is 257 g/mol. The van der Waals surface area contributed by atoms with Gasteiger partial charge in [-0.05, 0) is 31.4 Å². The smallest absolute Gasteiger partial charge is 0.127 e. The number of rotatable bonds is 4. The molecular weight excluding hydrogens is 238 g/mol. The summed E-state index contributed by atoms with van der Waals surface area (Å²) in [5.74, 6) is 0.673. The second-order valence-electron chi connectivity index (χ2n) is 5.23. The summed E-state index contributed by atoms with van der Waals surface area (Å²) in [6.45, 7) is 0. The van der Waals surface area contributed by atoms with Gasteiger partial charge in [-0.2, -0.15) is 5.10 Å². The summed E-state index contributed by atoms with van der Waals surface area (Å²) < 4.78 is 7.43. The van der Waals surface area contributed by atoms with Crippen molar-refractivity contribution in [3.63, 3.8) is 0 Å². The van der Waals surface area contributed by atoms with Crippen LogP contribution in [0.25, 0.3) is 5.69 Å². The molecule has 0 aliphatic heterocycles. The van der Waals surface area contributed by atoms with Gasteiger partial charge < -0.3 is 10.5 Å². The molecule has 0 radical (unpaired) electrons. The first kappa shape index (κ1) is 12.2. The van der Waals surface area contributed by atoms with Crippen LogP contribution in [-0.4, -0.2) is 22.5 Å². The van der Waals surface area contributed by atoms with Crippen LogP contribution in [0.5, 0.6) is 0 Å². The van der Waals surface area contributed by atoms with E-state index in [2.05, 4.69) is 5.10 Å². The Labute approximate surface area is 113 Å². The molecule has 2 N–H and O–H groups in total. The minimum Gasteiger partial charge on any atom is -0.384 e. The van der Waals surface area contributed by atoms with E-state index in [1.807, 2.05) is 36.4 Å². The van der Waals surface area contributed by atoms with Gasteiger partial charge in [0.25, 0.3) is 0 Å². The lowest BCUT2D eigenvalue weighted by atomic mass is 9.77. The topological polar surface area (TPSA) is 53.1 Å².